The molecule has 5 heteroatoms. The molecule has 1 aromatic carbocycles. The summed E-state index contributed by atoms with van der Waals surface area (Å²) in [6.45, 7) is 4.57. The smallest absolute Gasteiger partial charge is 0.157 e. The summed E-state index contributed by atoms with van der Waals surface area (Å²) in [4.78, 5) is 2.01. The van der Waals surface area contributed by atoms with Gasteiger partial charge in [0.15, 0.2) is 11.5 Å². The molecular formula is C12H20ClNO3. The van der Waals surface area contributed by atoms with Gasteiger partial charge in [0.2, 0.25) is 0 Å². The molecular weight excluding hydrogens is 242 g/mol. The number of aliphatic hydroxyl groups is 1. The summed E-state index contributed by atoms with van der Waals surface area (Å²) in [7, 11) is 1.92. The monoisotopic (exact) mass is 261 g/mol. The molecule has 98 valence electrons. The standard InChI is InChI=1S/C12H19NO3.ClH/c1-8(2)13(3)7-12(16)9-4-5-10(14)11(15)6-9;/h4-6,8,12,14-16H,7H2,1-3H3;1H. The van der Waals surface area contributed by atoms with Gasteiger partial charge in [0.25, 0.3) is 0 Å². The topological polar surface area (TPSA) is 63.9 Å². The zero-order valence-electron chi connectivity index (χ0n) is 10.3. The molecule has 0 fully saturated rings. The van der Waals surface area contributed by atoms with Gasteiger partial charge in [-0.25, -0.2) is 0 Å². The van der Waals surface area contributed by atoms with E-state index in [1.807, 2.05) is 25.8 Å². The predicted octanol–water partition coefficient (Wildman–Crippen LogP) is 1.89. The number of phenols is 2. The number of likely N-dealkylation sites (N-methyl/N-ethyl adjacent to an activating group) is 1. The molecule has 0 spiro atoms. The summed E-state index contributed by atoms with van der Waals surface area (Å²) in [5.74, 6) is -0.378. The number of benzene rings is 1. The summed E-state index contributed by atoms with van der Waals surface area (Å²) >= 11 is 0. The van der Waals surface area contributed by atoms with Crippen molar-refractivity contribution < 1.29 is 15.3 Å². The molecule has 0 heterocycles. The first-order chi connectivity index (χ1) is 7.41. The van der Waals surface area contributed by atoms with E-state index in [-0.39, 0.29) is 23.9 Å². The lowest BCUT2D eigenvalue weighted by molar-refractivity contribution is 0.112. The maximum absolute atomic E-state index is 9.92. The normalized spacial score (nSPS) is 12.6. The number of aromatic hydroxyl groups is 2. The predicted molar refractivity (Wildman–Crippen MR) is 69.7 cm³/mol. The number of hydrogen-bond acceptors (Lipinski definition) is 4. The van der Waals surface area contributed by atoms with Crippen LogP contribution in [0.5, 0.6) is 11.5 Å². The van der Waals surface area contributed by atoms with Crippen molar-refractivity contribution in [2.24, 2.45) is 0 Å². The summed E-state index contributed by atoms with van der Waals surface area (Å²) < 4.78 is 0. The van der Waals surface area contributed by atoms with Gasteiger partial charge < -0.3 is 20.2 Å². The molecule has 0 amide bonds. The van der Waals surface area contributed by atoms with Crippen LogP contribution in [0.2, 0.25) is 0 Å². The second kappa shape index (κ2) is 6.69. The van der Waals surface area contributed by atoms with Crippen LogP contribution >= 0.6 is 12.4 Å². The molecule has 0 aliphatic heterocycles. The van der Waals surface area contributed by atoms with E-state index >= 15 is 0 Å². The highest BCUT2D eigenvalue weighted by Crippen LogP contribution is 2.28. The van der Waals surface area contributed by atoms with Gasteiger partial charge in [0.1, 0.15) is 0 Å². The van der Waals surface area contributed by atoms with Crippen molar-refractivity contribution in [3.63, 3.8) is 0 Å². The lowest BCUT2D eigenvalue weighted by atomic mass is 10.1. The molecule has 0 saturated carbocycles. The maximum atomic E-state index is 9.92. The maximum Gasteiger partial charge on any atom is 0.157 e. The minimum Gasteiger partial charge on any atom is -0.504 e. The zero-order chi connectivity index (χ0) is 12.3. The van der Waals surface area contributed by atoms with E-state index in [9.17, 15) is 10.2 Å². The fraction of sp³-hybridized carbons (Fsp3) is 0.500. The van der Waals surface area contributed by atoms with E-state index in [0.29, 0.717) is 18.2 Å². The third kappa shape index (κ3) is 4.42. The van der Waals surface area contributed by atoms with Crippen LogP contribution in [-0.4, -0.2) is 39.9 Å². The Morgan fingerprint density at radius 1 is 1.18 bits per heavy atom. The molecule has 1 atom stereocenters. The van der Waals surface area contributed by atoms with Crippen molar-refractivity contribution in [3.8, 4) is 11.5 Å². The largest absolute Gasteiger partial charge is 0.504 e. The van der Waals surface area contributed by atoms with Gasteiger partial charge in [0, 0.05) is 12.6 Å². The Bertz CT molecular complexity index is 358. The summed E-state index contributed by atoms with van der Waals surface area (Å²) in [5.41, 5.74) is 0.600. The van der Waals surface area contributed by atoms with Gasteiger partial charge >= 0.3 is 0 Å². The lowest BCUT2D eigenvalue weighted by Crippen LogP contribution is -2.30. The first-order valence-electron chi connectivity index (χ1n) is 5.32. The molecule has 3 N–H and O–H groups in total. The molecule has 0 saturated heterocycles. The fourth-order valence-electron chi connectivity index (χ4n) is 1.34. The molecule has 0 radical (unpaired) electrons. The first kappa shape index (κ1) is 16.0. The van der Waals surface area contributed by atoms with Gasteiger partial charge in [0.05, 0.1) is 6.10 Å². The quantitative estimate of drug-likeness (QED) is 0.725. The lowest BCUT2D eigenvalue weighted by Gasteiger charge is -2.24. The van der Waals surface area contributed by atoms with Crippen LogP contribution in [0.3, 0.4) is 0 Å². The molecule has 17 heavy (non-hydrogen) atoms. The SMILES string of the molecule is CC(C)N(C)CC(O)c1ccc(O)c(O)c1.Cl. The minimum atomic E-state index is -0.668. The van der Waals surface area contributed by atoms with Gasteiger partial charge in [-0.15, -0.1) is 12.4 Å². The second-order valence-electron chi connectivity index (χ2n) is 4.30. The van der Waals surface area contributed by atoms with Crippen molar-refractivity contribution in [1.82, 2.24) is 4.90 Å². The van der Waals surface area contributed by atoms with Crippen molar-refractivity contribution in [2.75, 3.05) is 13.6 Å². The number of nitrogens with zero attached hydrogens (tertiary/aromatic N) is 1. The third-order valence-electron chi connectivity index (χ3n) is 2.73. The Balaban J connectivity index is 0.00000256. The fourth-order valence-corrected chi connectivity index (χ4v) is 1.34. The van der Waals surface area contributed by atoms with Gasteiger partial charge in [-0.05, 0) is 38.6 Å². The van der Waals surface area contributed by atoms with Crippen LogP contribution < -0.4 is 0 Å². The van der Waals surface area contributed by atoms with Crippen LogP contribution in [0.15, 0.2) is 18.2 Å². The Morgan fingerprint density at radius 2 is 1.76 bits per heavy atom. The Kier molecular flexibility index (Phi) is 6.31. The Morgan fingerprint density at radius 3 is 2.24 bits per heavy atom. The number of halogens is 1. The van der Waals surface area contributed by atoms with Crippen molar-refractivity contribution in [3.05, 3.63) is 23.8 Å². The number of rotatable bonds is 4. The van der Waals surface area contributed by atoms with E-state index < -0.39 is 6.10 Å². The Labute approximate surface area is 108 Å². The van der Waals surface area contributed by atoms with E-state index in [1.165, 1.54) is 12.1 Å². The third-order valence-corrected chi connectivity index (χ3v) is 2.73. The highest BCUT2D eigenvalue weighted by molar-refractivity contribution is 5.85. The number of hydrogen-bond donors (Lipinski definition) is 3. The van der Waals surface area contributed by atoms with E-state index in [0.717, 1.165) is 0 Å². The molecule has 1 unspecified atom stereocenters. The highest BCUT2D eigenvalue weighted by atomic mass is 35.5. The van der Waals surface area contributed by atoms with Crippen LogP contribution in [-0.2, 0) is 0 Å². The molecule has 1 aromatic rings. The minimum absolute atomic E-state index is 0. The van der Waals surface area contributed by atoms with Crippen LogP contribution in [0, 0.1) is 0 Å². The highest BCUT2D eigenvalue weighted by Gasteiger charge is 2.14. The molecule has 0 bridgehead atoms. The van der Waals surface area contributed by atoms with Gasteiger partial charge in [-0.1, -0.05) is 6.07 Å². The summed E-state index contributed by atoms with van der Waals surface area (Å²) in [6.07, 6.45) is -0.668. The molecule has 0 aromatic heterocycles. The zero-order valence-corrected chi connectivity index (χ0v) is 11.1. The van der Waals surface area contributed by atoms with Crippen LogP contribution in [0.25, 0.3) is 0 Å². The van der Waals surface area contributed by atoms with Gasteiger partial charge in [-0.3, -0.25) is 0 Å². The van der Waals surface area contributed by atoms with Gasteiger partial charge in [-0.2, -0.15) is 0 Å². The molecule has 0 aliphatic carbocycles. The first-order valence-corrected chi connectivity index (χ1v) is 5.32. The number of phenolic OH excluding ortho intramolecular Hbond substituents is 2. The van der Waals surface area contributed by atoms with Crippen LogP contribution in [0.4, 0.5) is 0 Å². The number of aliphatic hydroxyl groups excluding tert-OH is 1. The van der Waals surface area contributed by atoms with E-state index in [1.54, 1.807) is 6.07 Å². The van der Waals surface area contributed by atoms with Crippen molar-refractivity contribution >= 4 is 12.4 Å². The summed E-state index contributed by atoms with van der Waals surface area (Å²) in [5, 5.41) is 28.4. The Hall–Kier alpha value is -0.970. The van der Waals surface area contributed by atoms with Crippen LogP contribution in [0.1, 0.15) is 25.5 Å². The molecule has 0 aliphatic rings. The van der Waals surface area contributed by atoms with Crippen molar-refractivity contribution in [1.29, 1.82) is 0 Å². The summed E-state index contributed by atoms with van der Waals surface area (Å²) in [6, 6.07) is 4.71. The van der Waals surface area contributed by atoms with E-state index in [4.69, 9.17) is 5.11 Å². The average Bonchev–Trinajstić information content (AvgIpc) is 2.21. The second-order valence-corrected chi connectivity index (χ2v) is 4.30. The van der Waals surface area contributed by atoms with Crippen molar-refractivity contribution in [2.45, 2.75) is 26.0 Å². The molecule has 1 rings (SSSR count). The average molecular weight is 262 g/mol. The van der Waals surface area contributed by atoms with E-state index in [2.05, 4.69) is 0 Å². The molecule has 4 nitrogen and oxygen atoms in total.